The minimum Gasteiger partial charge on any atom is -0.370 e. The number of para-hydroxylation sites is 1. The molecule has 4 rings (SSSR count). The molecule has 33 heavy (non-hydrogen) atoms. The van der Waals surface area contributed by atoms with Gasteiger partial charge >= 0.3 is 0 Å². The van der Waals surface area contributed by atoms with Gasteiger partial charge in [0, 0.05) is 24.1 Å². The highest BCUT2D eigenvalue weighted by Gasteiger charge is 2.36. The first-order chi connectivity index (χ1) is 15.9. The summed E-state index contributed by atoms with van der Waals surface area (Å²) in [6.07, 6.45) is 3.99. The van der Waals surface area contributed by atoms with Gasteiger partial charge < -0.3 is 15.0 Å². The number of aromatic nitrogens is 1. The zero-order valence-corrected chi connectivity index (χ0v) is 20.7. The van der Waals surface area contributed by atoms with Crippen molar-refractivity contribution in [3.63, 3.8) is 0 Å². The largest absolute Gasteiger partial charge is 0.370 e. The topological polar surface area (TPSA) is 65.7 Å². The number of ether oxygens (including phenoxy) is 1. The van der Waals surface area contributed by atoms with E-state index in [0.29, 0.717) is 6.61 Å². The molecule has 0 aliphatic carbocycles. The molecular weight excluding hydrogens is 430 g/mol. The molecule has 174 valence electrons. The molecule has 2 aliphatic heterocycles. The van der Waals surface area contributed by atoms with E-state index in [1.807, 2.05) is 30.3 Å². The Morgan fingerprint density at radius 3 is 2.58 bits per heavy atom. The number of thiocarbonyl (C=S) groups is 1. The SMILES string of the molecule is CCCCc1[nH+]c(N2CCN(C(=S)Nc3ccccc3)CC2)c(C#N)c2c1COC(C)(C)C2. The molecule has 0 bridgehead atoms. The average Bonchev–Trinajstić information content (AvgIpc) is 2.82. The minimum absolute atomic E-state index is 0.257. The predicted molar refractivity (Wildman–Crippen MR) is 135 cm³/mol. The van der Waals surface area contributed by atoms with Crippen LogP contribution in [0, 0.1) is 11.3 Å². The molecule has 1 aromatic heterocycles. The fourth-order valence-corrected chi connectivity index (χ4v) is 4.95. The first kappa shape index (κ1) is 23.5. The number of fused-ring (bicyclic) bond motifs is 1. The molecule has 1 aromatic carbocycles. The maximum Gasteiger partial charge on any atom is 0.293 e. The van der Waals surface area contributed by atoms with Crippen molar-refractivity contribution in [1.29, 1.82) is 5.26 Å². The van der Waals surface area contributed by atoms with E-state index in [1.165, 1.54) is 11.3 Å². The highest BCUT2D eigenvalue weighted by Crippen LogP contribution is 2.34. The Hall–Kier alpha value is -2.69. The molecule has 2 aromatic rings. The Kier molecular flexibility index (Phi) is 7.16. The third kappa shape index (κ3) is 5.29. The Morgan fingerprint density at radius 1 is 1.18 bits per heavy atom. The average molecular weight is 465 g/mol. The number of hydrogen-bond acceptors (Lipinski definition) is 4. The van der Waals surface area contributed by atoms with Gasteiger partial charge in [0.1, 0.15) is 30.4 Å². The molecule has 2 N–H and O–H groups in total. The fraction of sp³-hybridized carbons (Fsp3) is 0.500. The maximum absolute atomic E-state index is 10.2. The summed E-state index contributed by atoms with van der Waals surface area (Å²) < 4.78 is 6.12. The summed E-state index contributed by atoms with van der Waals surface area (Å²) in [5, 5.41) is 14.3. The second kappa shape index (κ2) is 10.1. The van der Waals surface area contributed by atoms with Gasteiger partial charge in [-0.15, -0.1) is 0 Å². The molecule has 6 nitrogen and oxygen atoms in total. The van der Waals surface area contributed by atoms with Crippen molar-refractivity contribution in [3.8, 4) is 6.07 Å². The van der Waals surface area contributed by atoms with Crippen molar-refractivity contribution in [2.24, 2.45) is 0 Å². The summed E-state index contributed by atoms with van der Waals surface area (Å²) in [6, 6.07) is 12.6. The monoisotopic (exact) mass is 464 g/mol. The summed E-state index contributed by atoms with van der Waals surface area (Å²) in [5.41, 5.74) is 5.10. The number of H-pyrrole nitrogens is 1. The van der Waals surface area contributed by atoms with Gasteiger partial charge in [0.2, 0.25) is 0 Å². The molecule has 0 saturated carbocycles. The first-order valence-electron chi connectivity index (χ1n) is 11.9. The third-order valence-corrected chi connectivity index (χ3v) is 6.91. The van der Waals surface area contributed by atoms with E-state index >= 15 is 0 Å². The summed E-state index contributed by atoms with van der Waals surface area (Å²) in [4.78, 5) is 8.19. The van der Waals surface area contributed by atoms with E-state index in [2.05, 4.69) is 46.9 Å². The quantitative estimate of drug-likeness (QED) is 0.673. The van der Waals surface area contributed by atoms with Crippen molar-refractivity contribution in [2.45, 2.75) is 58.7 Å². The first-order valence-corrected chi connectivity index (χ1v) is 12.3. The van der Waals surface area contributed by atoms with Gasteiger partial charge in [-0.1, -0.05) is 31.5 Å². The lowest BCUT2D eigenvalue weighted by Gasteiger charge is -2.35. The molecule has 1 saturated heterocycles. The van der Waals surface area contributed by atoms with Crippen molar-refractivity contribution in [3.05, 3.63) is 52.7 Å². The molecule has 7 heteroatoms. The normalized spacial score (nSPS) is 17.3. The molecule has 1 fully saturated rings. The van der Waals surface area contributed by atoms with Crippen LogP contribution in [0.4, 0.5) is 11.5 Å². The lowest BCUT2D eigenvalue weighted by Crippen LogP contribution is -2.52. The number of nitriles is 1. The lowest BCUT2D eigenvalue weighted by atomic mass is 9.87. The van der Waals surface area contributed by atoms with Gasteiger partial charge in [-0.3, -0.25) is 4.90 Å². The molecule has 2 aliphatic rings. The second-order valence-electron chi connectivity index (χ2n) is 9.50. The number of piperazine rings is 1. The van der Waals surface area contributed by atoms with Crippen LogP contribution >= 0.6 is 12.2 Å². The van der Waals surface area contributed by atoms with Crippen LogP contribution in [0.1, 0.15) is 56.0 Å². The van der Waals surface area contributed by atoms with Crippen molar-refractivity contribution in [1.82, 2.24) is 4.90 Å². The number of unbranched alkanes of at least 4 members (excludes halogenated alkanes) is 1. The fourth-order valence-electron chi connectivity index (χ4n) is 4.65. The van der Waals surface area contributed by atoms with Crippen LogP contribution in [0.3, 0.4) is 0 Å². The number of aromatic amines is 1. The molecule has 0 unspecified atom stereocenters. The summed E-state index contributed by atoms with van der Waals surface area (Å²) in [7, 11) is 0. The van der Waals surface area contributed by atoms with E-state index in [4.69, 9.17) is 17.0 Å². The van der Waals surface area contributed by atoms with Gasteiger partial charge in [-0.05, 0) is 50.2 Å². The van der Waals surface area contributed by atoms with Crippen LogP contribution in [-0.4, -0.2) is 41.8 Å². The number of pyridine rings is 1. The Balaban J connectivity index is 1.55. The summed E-state index contributed by atoms with van der Waals surface area (Å²) >= 11 is 5.66. The number of nitrogens with one attached hydrogen (secondary N) is 2. The number of hydrogen-bond donors (Lipinski definition) is 1. The molecule has 0 amide bonds. The molecule has 0 spiro atoms. The second-order valence-corrected chi connectivity index (χ2v) is 9.88. The molecule has 3 heterocycles. The van der Waals surface area contributed by atoms with Crippen LogP contribution in [0.25, 0.3) is 0 Å². The minimum atomic E-state index is -0.257. The standard InChI is InChI=1S/C26H33N5OS/c1-4-5-11-23-22-18-32-26(2,3)16-20(22)21(17-27)24(29-23)30-12-14-31(15-13-30)25(33)28-19-9-7-6-8-10-19/h6-10H,4-5,11-16,18H2,1-3H3,(H,28,33)/p+1. The van der Waals surface area contributed by atoms with Crippen molar-refractivity contribution >= 4 is 28.8 Å². The summed E-state index contributed by atoms with van der Waals surface area (Å²) in [5.74, 6) is 0.960. The van der Waals surface area contributed by atoms with Crippen LogP contribution in [0.5, 0.6) is 0 Å². The molecular formula is C26H34N5OS+. The maximum atomic E-state index is 10.2. The van der Waals surface area contributed by atoms with Crippen LogP contribution in [-0.2, 0) is 24.2 Å². The van der Waals surface area contributed by atoms with Crippen LogP contribution in [0.15, 0.2) is 30.3 Å². The lowest BCUT2D eigenvalue weighted by molar-refractivity contribution is -0.379. The Morgan fingerprint density at radius 2 is 1.91 bits per heavy atom. The van der Waals surface area contributed by atoms with Gasteiger partial charge in [0.25, 0.3) is 5.82 Å². The van der Waals surface area contributed by atoms with E-state index in [1.54, 1.807) is 0 Å². The van der Waals surface area contributed by atoms with Gasteiger partial charge in [-0.25, -0.2) is 4.98 Å². The van der Waals surface area contributed by atoms with Crippen molar-refractivity contribution < 1.29 is 9.72 Å². The zero-order valence-electron chi connectivity index (χ0n) is 19.9. The van der Waals surface area contributed by atoms with Crippen LogP contribution in [0.2, 0.25) is 0 Å². The number of benzene rings is 1. The molecule has 0 radical (unpaired) electrons. The van der Waals surface area contributed by atoms with E-state index in [-0.39, 0.29) is 5.60 Å². The van der Waals surface area contributed by atoms with Crippen LogP contribution < -0.4 is 15.2 Å². The highest BCUT2D eigenvalue weighted by atomic mass is 32.1. The number of anilines is 2. The van der Waals surface area contributed by atoms with E-state index in [0.717, 1.165) is 79.6 Å². The van der Waals surface area contributed by atoms with Gasteiger partial charge in [0.05, 0.1) is 25.3 Å². The van der Waals surface area contributed by atoms with E-state index < -0.39 is 0 Å². The number of nitrogens with zero attached hydrogens (tertiary/aromatic N) is 3. The summed E-state index contributed by atoms with van der Waals surface area (Å²) in [6.45, 7) is 10.3. The smallest absolute Gasteiger partial charge is 0.293 e. The number of aryl methyl sites for hydroxylation is 1. The third-order valence-electron chi connectivity index (χ3n) is 6.55. The Bertz CT molecular complexity index is 1040. The predicted octanol–water partition coefficient (Wildman–Crippen LogP) is 4.09. The van der Waals surface area contributed by atoms with E-state index in [9.17, 15) is 5.26 Å². The number of rotatable bonds is 5. The molecule has 0 atom stereocenters. The highest BCUT2D eigenvalue weighted by molar-refractivity contribution is 7.80. The van der Waals surface area contributed by atoms with Gasteiger partial charge in [-0.2, -0.15) is 5.26 Å². The zero-order chi connectivity index (χ0) is 23.4. The Labute approximate surface area is 202 Å². The van der Waals surface area contributed by atoms with Gasteiger partial charge in [0.15, 0.2) is 5.11 Å². The van der Waals surface area contributed by atoms with Crippen molar-refractivity contribution in [2.75, 3.05) is 36.4 Å².